The van der Waals surface area contributed by atoms with E-state index in [2.05, 4.69) is 24.8 Å². The number of ether oxygens (including phenoxy) is 1. The van der Waals surface area contributed by atoms with Crippen molar-refractivity contribution < 1.29 is 4.74 Å². The lowest BCUT2D eigenvalue weighted by Crippen LogP contribution is -2.47. The third-order valence-electron chi connectivity index (χ3n) is 3.73. The van der Waals surface area contributed by atoms with Gasteiger partial charge in [-0.2, -0.15) is 5.26 Å². The second kappa shape index (κ2) is 5.10. The predicted molar refractivity (Wildman–Crippen MR) is 78.7 cm³/mol. The van der Waals surface area contributed by atoms with Crippen molar-refractivity contribution in [3.8, 4) is 6.07 Å². The standard InChI is InChI=1S/C16H17N3O/c1-11-10-20-12(2)9-19(11)16-7-13(8-17)14-5-3-4-6-15(14)18-16/h3-7,11-12H,9-10H2,1-2H3. The van der Waals surface area contributed by atoms with Crippen molar-refractivity contribution in [1.82, 2.24) is 4.98 Å². The van der Waals surface area contributed by atoms with Crippen molar-refractivity contribution in [2.75, 3.05) is 18.1 Å². The molecular formula is C16H17N3O. The smallest absolute Gasteiger partial charge is 0.130 e. The Balaban J connectivity index is 2.10. The van der Waals surface area contributed by atoms with Crippen LogP contribution in [0.5, 0.6) is 0 Å². The van der Waals surface area contributed by atoms with E-state index in [1.165, 1.54) is 0 Å². The van der Waals surface area contributed by atoms with Gasteiger partial charge in [-0.25, -0.2) is 4.98 Å². The molecule has 2 atom stereocenters. The molecule has 0 spiro atoms. The Hall–Kier alpha value is -2.12. The van der Waals surface area contributed by atoms with E-state index in [4.69, 9.17) is 9.72 Å². The van der Waals surface area contributed by atoms with Gasteiger partial charge in [0.05, 0.1) is 35.9 Å². The highest BCUT2D eigenvalue weighted by Crippen LogP contribution is 2.25. The van der Waals surface area contributed by atoms with Gasteiger partial charge in [-0.05, 0) is 26.0 Å². The first-order valence-corrected chi connectivity index (χ1v) is 6.87. The van der Waals surface area contributed by atoms with Gasteiger partial charge in [0, 0.05) is 11.9 Å². The maximum absolute atomic E-state index is 9.36. The summed E-state index contributed by atoms with van der Waals surface area (Å²) in [6.07, 6.45) is 0.185. The van der Waals surface area contributed by atoms with Crippen molar-refractivity contribution in [1.29, 1.82) is 5.26 Å². The van der Waals surface area contributed by atoms with Gasteiger partial charge in [-0.15, -0.1) is 0 Å². The predicted octanol–water partition coefficient (Wildman–Crippen LogP) is 2.72. The Labute approximate surface area is 118 Å². The molecule has 2 aromatic rings. The Morgan fingerprint density at radius 1 is 1.35 bits per heavy atom. The van der Waals surface area contributed by atoms with Gasteiger partial charge in [-0.3, -0.25) is 0 Å². The molecule has 1 fully saturated rings. The number of nitrogens with zero attached hydrogens (tertiary/aromatic N) is 3. The Kier molecular flexibility index (Phi) is 3.29. The van der Waals surface area contributed by atoms with Crippen LogP contribution >= 0.6 is 0 Å². The summed E-state index contributed by atoms with van der Waals surface area (Å²) in [6.45, 7) is 5.68. The molecule has 2 unspecified atom stereocenters. The second-order valence-electron chi connectivity index (χ2n) is 5.30. The lowest BCUT2D eigenvalue weighted by atomic mass is 10.1. The van der Waals surface area contributed by atoms with Crippen LogP contribution in [0.15, 0.2) is 30.3 Å². The number of para-hydroxylation sites is 1. The minimum Gasteiger partial charge on any atom is -0.375 e. The third-order valence-corrected chi connectivity index (χ3v) is 3.73. The maximum Gasteiger partial charge on any atom is 0.130 e. The molecule has 1 aromatic carbocycles. The van der Waals surface area contributed by atoms with E-state index in [0.717, 1.165) is 23.3 Å². The molecule has 4 heteroatoms. The van der Waals surface area contributed by atoms with Crippen LogP contribution in [0.25, 0.3) is 10.9 Å². The first-order valence-electron chi connectivity index (χ1n) is 6.87. The quantitative estimate of drug-likeness (QED) is 0.797. The molecule has 0 aliphatic carbocycles. The number of hydrogen-bond acceptors (Lipinski definition) is 4. The van der Waals surface area contributed by atoms with E-state index >= 15 is 0 Å². The first-order chi connectivity index (χ1) is 9.69. The Morgan fingerprint density at radius 2 is 2.15 bits per heavy atom. The molecule has 0 N–H and O–H groups in total. The van der Waals surface area contributed by atoms with Gasteiger partial charge in [0.25, 0.3) is 0 Å². The summed E-state index contributed by atoms with van der Waals surface area (Å²) in [6, 6.07) is 12.2. The van der Waals surface area contributed by atoms with Crippen LogP contribution < -0.4 is 4.90 Å². The van der Waals surface area contributed by atoms with Crippen LogP contribution in [-0.2, 0) is 4.74 Å². The average Bonchev–Trinajstić information content (AvgIpc) is 2.48. The van der Waals surface area contributed by atoms with Crippen molar-refractivity contribution in [2.45, 2.75) is 26.0 Å². The average molecular weight is 267 g/mol. The summed E-state index contributed by atoms with van der Waals surface area (Å²) < 4.78 is 5.65. The summed E-state index contributed by atoms with van der Waals surface area (Å²) in [4.78, 5) is 6.94. The molecular weight excluding hydrogens is 250 g/mol. The zero-order chi connectivity index (χ0) is 14.1. The molecule has 3 rings (SSSR count). The number of anilines is 1. The molecule has 4 nitrogen and oxygen atoms in total. The van der Waals surface area contributed by atoms with Gasteiger partial charge < -0.3 is 9.64 Å². The summed E-state index contributed by atoms with van der Waals surface area (Å²) in [5.41, 5.74) is 1.55. The molecule has 1 aliphatic heterocycles. The van der Waals surface area contributed by atoms with Crippen molar-refractivity contribution in [3.63, 3.8) is 0 Å². The highest BCUT2D eigenvalue weighted by molar-refractivity contribution is 5.86. The number of hydrogen-bond donors (Lipinski definition) is 0. The summed E-state index contributed by atoms with van der Waals surface area (Å²) >= 11 is 0. The summed E-state index contributed by atoms with van der Waals surface area (Å²) in [7, 11) is 0. The highest BCUT2D eigenvalue weighted by atomic mass is 16.5. The number of rotatable bonds is 1. The Bertz CT molecular complexity index is 677. The van der Waals surface area contributed by atoms with Crippen molar-refractivity contribution in [3.05, 3.63) is 35.9 Å². The molecule has 102 valence electrons. The second-order valence-corrected chi connectivity index (χ2v) is 5.30. The van der Waals surface area contributed by atoms with E-state index in [1.807, 2.05) is 30.3 Å². The van der Waals surface area contributed by atoms with Gasteiger partial charge in [0.15, 0.2) is 0 Å². The first kappa shape index (κ1) is 12.9. The fourth-order valence-corrected chi connectivity index (χ4v) is 2.62. The Morgan fingerprint density at radius 3 is 2.95 bits per heavy atom. The molecule has 0 radical (unpaired) electrons. The number of aromatic nitrogens is 1. The number of morpholine rings is 1. The zero-order valence-electron chi connectivity index (χ0n) is 11.7. The molecule has 0 saturated carbocycles. The maximum atomic E-state index is 9.36. The molecule has 1 saturated heterocycles. The number of benzene rings is 1. The highest BCUT2D eigenvalue weighted by Gasteiger charge is 2.25. The SMILES string of the molecule is CC1CN(c2cc(C#N)c3ccccc3n2)C(C)CO1. The van der Waals surface area contributed by atoms with Gasteiger partial charge in [0.2, 0.25) is 0 Å². The van der Waals surface area contributed by atoms with E-state index in [-0.39, 0.29) is 12.1 Å². The molecule has 20 heavy (non-hydrogen) atoms. The molecule has 0 amide bonds. The number of fused-ring (bicyclic) bond motifs is 1. The van der Waals surface area contributed by atoms with E-state index in [9.17, 15) is 5.26 Å². The monoisotopic (exact) mass is 267 g/mol. The molecule has 2 heterocycles. The topological polar surface area (TPSA) is 49.2 Å². The number of nitriles is 1. The van der Waals surface area contributed by atoms with Crippen molar-refractivity contribution in [2.24, 2.45) is 0 Å². The van der Waals surface area contributed by atoms with Gasteiger partial charge in [-0.1, -0.05) is 18.2 Å². The van der Waals surface area contributed by atoms with Gasteiger partial charge >= 0.3 is 0 Å². The lowest BCUT2D eigenvalue weighted by molar-refractivity contribution is 0.0341. The summed E-state index contributed by atoms with van der Waals surface area (Å²) in [5, 5.41) is 10.3. The molecule has 1 aliphatic rings. The van der Waals surface area contributed by atoms with Crippen LogP contribution in [0, 0.1) is 11.3 Å². The fourth-order valence-electron chi connectivity index (χ4n) is 2.62. The minimum absolute atomic E-state index is 0.185. The molecule has 0 bridgehead atoms. The van der Waals surface area contributed by atoms with E-state index in [1.54, 1.807) is 0 Å². The van der Waals surface area contributed by atoms with Gasteiger partial charge in [0.1, 0.15) is 5.82 Å². The lowest BCUT2D eigenvalue weighted by Gasteiger charge is -2.37. The summed E-state index contributed by atoms with van der Waals surface area (Å²) in [5.74, 6) is 0.864. The van der Waals surface area contributed by atoms with Crippen LogP contribution in [0.3, 0.4) is 0 Å². The normalized spacial score (nSPS) is 22.8. The third kappa shape index (κ3) is 2.21. The fraction of sp³-hybridized carbons (Fsp3) is 0.375. The zero-order valence-corrected chi connectivity index (χ0v) is 11.7. The van der Waals surface area contributed by atoms with Crippen molar-refractivity contribution >= 4 is 16.7 Å². The van der Waals surface area contributed by atoms with Crippen LogP contribution in [0.1, 0.15) is 19.4 Å². The minimum atomic E-state index is 0.185. The van der Waals surface area contributed by atoms with Crippen LogP contribution in [0.4, 0.5) is 5.82 Å². The van der Waals surface area contributed by atoms with Crippen LogP contribution in [-0.4, -0.2) is 30.3 Å². The van der Waals surface area contributed by atoms with E-state index < -0.39 is 0 Å². The number of pyridine rings is 1. The molecule has 1 aromatic heterocycles. The van der Waals surface area contributed by atoms with E-state index in [0.29, 0.717) is 12.2 Å². The van der Waals surface area contributed by atoms with Crippen LogP contribution in [0.2, 0.25) is 0 Å². The largest absolute Gasteiger partial charge is 0.375 e.